The fraction of sp³-hybridized carbons (Fsp3) is 0.538. The Morgan fingerprint density at radius 1 is 1.47 bits per heavy atom. The molecular weight excluding hydrogens is 214 g/mol. The summed E-state index contributed by atoms with van der Waals surface area (Å²) in [6.07, 6.45) is 0.869. The van der Waals surface area contributed by atoms with Gasteiger partial charge in [-0.15, -0.1) is 0 Å². The molecule has 0 saturated carbocycles. The van der Waals surface area contributed by atoms with Crippen molar-refractivity contribution in [1.82, 2.24) is 4.98 Å². The molecule has 1 rings (SSSR count). The average molecular weight is 233 g/mol. The summed E-state index contributed by atoms with van der Waals surface area (Å²) >= 11 is 0. The van der Waals surface area contributed by atoms with Crippen molar-refractivity contribution < 1.29 is 5.11 Å². The first-order chi connectivity index (χ1) is 8.05. The van der Waals surface area contributed by atoms with Crippen molar-refractivity contribution >= 4 is 5.82 Å². The van der Waals surface area contributed by atoms with Crippen molar-refractivity contribution in [3.05, 3.63) is 23.4 Å². The Bertz CT molecular complexity index is 410. The van der Waals surface area contributed by atoms with Crippen molar-refractivity contribution in [1.29, 1.82) is 5.26 Å². The quantitative estimate of drug-likeness (QED) is 0.817. The third-order valence-electron chi connectivity index (χ3n) is 2.41. The monoisotopic (exact) mass is 233 g/mol. The van der Waals surface area contributed by atoms with Crippen molar-refractivity contribution in [3.63, 3.8) is 0 Å². The molecule has 1 heterocycles. The van der Waals surface area contributed by atoms with Gasteiger partial charge in [0, 0.05) is 5.69 Å². The lowest BCUT2D eigenvalue weighted by atomic mass is 10.0. The molecule has 0 aromatic carbocycles. The predicted octanol–water partition coefficient (Wildman–Crippen LogP) is 2.08. The summed E-state index contributed by atoms with van der Waals surface area (Å²) in [5.41, 5.74) is 1.38. The Morgan fingerprint density at radius 3 is 2.71 bits per heavy atom. The van der Waals surface area contributed by atoms with Crippen LogP contribution in [0.2, 0.25) is 0 Å². The number of anilines is 1. The van der Waals surface area contributed by atoms with Crippen LogP contribution in [0.25, 0.3) is 0 Å². The minimum atomic E-state index is -0.0177. The maximum absolute atomic E-state index is 9.28. The maximum atomic E-state index is 9.28. The highest BCUT2D eigenvalue weighted by Gasteiger charge is 2.10. The second-order valence-electron chi connectivity index (χ2n) is 4.65. The molecule has 0 saturated heterocycles. The fourth-order valence-corrected chi connectivity index (χ4v) is 1.76. The standard InChI is InChI=1S/C13H19N3O/c1-9(2)4-12(8-17)16-13-6-11(7-14)5-10(3)15-13/h5-6,9,12,17H,4,8H2,1-3H3,(H,15,16). The predicted molar refractivity (Wildman–Crippen MR) is 67.6 cm³/mol. The topological polar surface area (TPSA) is 68.9 Å². The summed E-state index contributed by atoms with van der Waals surface area (Å²) in [7, 11) is 0. The van der Waals surface area contributed by atoms with Gasteiger partial charge in [0.05, 0.1) is 24.3 Å². The molecule has 0 radical (unpaired) electrons. The summed E-state index contributed by atoms with van der Waals surface area (Å²) < 4.78 is 0. The summed E-state index contributed by atoms with van der Waals surface area (Å²) in [4.78, 5) is 4.30. The average Bonchev–Trinajstić information content (AvgIpc) is 2.26. The maximum Gasteiger partial charge on any atom is 0.127 e. The smallest absolute Gasteiger partial charge is 0.127 e. The van der Waals surface area contributed by atoms with Gasteiger partial charge in [0.25, 0.3) is 0 Å². The molecule has 0 spiro atoms. The van der Waals surface area contributed by atoms with E-state index in [0.717, 1.165) is 12.1 Å². The van der Waals surface area contributed by atoms with E-state index in [1.807, 2.05) is 6.92 Å². The highest BCUT2D eigenvalue weighted by atomic mass is 16.3. The van der Waals surface area contributed by atoms with E-state index in [9.17, 15) is 5.11 Å². The number of aryl methyl sites for hydroxylation is 1. The second kappa shape index (κ2) is 6.21. The zero-order chi connectivity index (χ0) is 12.8. The van der Waals surface area contributed by atoms with Crippen molar-refractivity contribution in [2.24, 2.45) is 5.92 Å². The van der Waals surface area contributed by atoms with Gasteiger partial charge in [0.15, 0.2) is 0 Å². The number of nitriles is 1. The number of pyridine rings is 1. The zero-order valence-electron chi connectivity index (χ0n) is 10.6. The Hall–Kier alpha value is -1.60. The second-order valence-corrected chi connectivity index (χ2v) is 4.65. The van der Waals surface area contributed by atoms with Gasteiger partial charge in [-0.05, 0) is 31.4 Å². The van der Waals surface area contributed by atoms with Gasteiger partial charge >= 0.3 is 0 Å². The molecule has 0 aliphatic heterocycles. The Kier molecular flexibility index (Phi) is 4.92. The number of aromatic nitrogens is 1. The van der Waals surface area contributed by atoms with Crippen LogP contribution in [0.4, 0.5) is 5.82 Å². The first kappa shape index (κ1) is 13.5. The van der Waals surface area contributed by atoms with E-state index in [1.54, 1.807) is 12.1 Å². The summed E-state index contributed by atoms with van der Waals surface area (Å²) in [6.45, 7) is 6.13. The lowest BCUT2D eigenvalue weighted by molar-refractivity contribution is 0.259. The summed E-state index contributed by atoms with van der Waals surface area (Å²) in [5.74, 6) is 1.15. The van der Waals surface area contributed by atoms with Crippen LogP contribution in [0, 0.1) is 24.2 Å². The molecule has 0 fully saturated rings. The van der Waals surface area contributed by atoms with Gasteiger partial charge in [0.1, 0.15) is 5.82 Å². The van der Waals surface area contributed by atoms with Gasteiger partial charge in [-0.2, -0.15) is 5.26 Å². The first-order valence-corrected chi connectivity index (χ1v) is 5.81. The molecule has 1 atom stereocenters. The van der Waals surface area contributed by atoms with Crippen molar-refractivity contribution in [2.45, 2.75) is 33.2 Å². The molecule has 0 aliphatic rings. The number of nitrogens with zero attached hydrogens (tertiary/aromatic N) is 2. The van der Waals surface area contributed by atoms with Crippen LogP contribution in [0.15, 0.2) is 12.1 Å². The normalized spacial score (nSPS) is 12.2. The molecule has 92 valence electrons. The van der Waals surface area contributed by atoms with Crippen LogP contribution in [0.1, 0.15) is 31.5 Å². The van der Waals surface area contributed by atoms with E-state index in [2.05, 4.69) is 30.2 Å². The lowest BCUT2D eigenvalue weighted by Crippen LogP contribution is -2.26. The zero-order valence-corrected chi connectivity index (χ0v) is 10.6. The molecule has 1 aromatic heterocycles. The first-order valence-electron chi connectivity index (χ1n) is 5.81. The molecule has 0 bridgehead atoms. The molecule has 17 heavy (non-hydrogen) atoms. The van der Waals surface area contributed by atoms with Gasteiger partial charge in [-0.3, -0.25) is 0 Å². The Labute approximate surface area is 102 Å². The number of aliphatic hydroxyl groups is 1. The SMILES string of the molecule is Cc1cc(C#N)cc(NC(CO)CC(C)C)n1. The molecule has 4 heteroatoms. The number of nitrogens with one attached hydrogen (secondary N) is 1. The van der Waals surface area contributed by atoms with Crippen molar-refractivity contribution in [2.75, 3.05) is 11.9 Å². The highest BCUT2D eigenvalue weighted by Crippen LogP contribution is 2.13. The number of aliphatic hydroxyl groups excluding tert-OH is 1. The largest absolute Gasteiger partial charge is 0.394 e. The molecule has 1 unspecified atom stereocenters. The van der Waals surface area contributed by atoms with Crippen LogP contribution < -0.4 is 5.32 Å². The van der Waals surface area contributed by atoms with Crippen molar-refractivity contribution in [3.8, 4) is 6.07 Å². The van der Waals surface area contributed by atoms with E-state index in [4.69, 9.17) is 5.26 Å². The lowest BCUT2D eigenvalue weighted by Gasteiger charge is -2.19. The molecule has 0 aliphatic carbocycles. The summed E-state index contributed by atoms with van der Waals surface area (Å²) in [5, 5.41) is 21.3. The molecule has 4 nitrogen and oxygen atoms in total. The third kappa shape index (κ3) is 4.41. The number of rotatable bonds is 5. The number of hydrogen-bond acceptors (Lipinski definition) is 4. The van der Waals surface area contributed by atoms with E-state index in [1.165, 1.54) is 0 Å². The minimum absolute atomic E-state index is 0.0177. The molecular formula is C13H19N3O. The van der Waals surface area contributed by atoms with Crippen LogP contribution in [-0.4, -0.2) is 22.7 Å². The Morgan fingerprint density at radius 2 is 2.18 bits per heavy atom. The van der Waals surface area contributed by atoms with Crippen LogP contribution in [0.3, 0.4) is 0 Å². The van der Waals surface area contributed by atoms with Crippen LogP contribution >= 0.6 is 0 Å². The van der Waals surface area contributed by atoms with E-state index in [0.29, 0.717) is 17.3 Å². The third-order valence-corrected chi connectivity index (χ3v) is 2.41. The van der Waals surface area contributed by atoms with Gasteiger partial charge in [0.2, 0.25) is 0 Å². The van der Waals surface area contributed by atoms with E-state index < -0.39 is 0 Å². The van der Waals surface area contributed by atoms with E-state index in [-0.39, 0.29) is 12.6 Å². The molecule has 1 aromatic rings. The van der Waals surface area contributed by atoms with E-state index >= 15 is 0 Å². The summed E-state index contributed by atoms with van der Waals surface area (Å²) in [6, 6.07) is 5.52. The number of hydrogen-bond donors (Lipinski definition) is 2. The highest BCUT2D eigenvalue weighted by molar-refractivity contribution is 5.44. The molecule has 0 amide bonds. The Balaban J connectivity index is 2.79. The molecule has 2 N–H and O–H groups in total. The van der Waals surface area contributed by atoms with Crippen LogP contribution in [-0.2, 0) is 0 Å². The van der Waals surface area contributed by atoms with Gasteiger partial charge in [-0.1, -0.05) is 13.8 Å². The van der Waals surface area contributed by atoms with Crippen LogP contribution in [0.5, 0.6) is 0 Å². The minimum Gasteiger partial charge on any atom is -0.394 e. The fourth-order valence-electron chi connectivity index (χ4n) is 1.76. The van der Waals surface area contributed by atoms with Gasteiger partial charge in [-0.25, -0.2) is 4.98 Å². The van der Waals surface area contributed by atoms with Gasteiger partial charge < -0.3 is 10.4 Å².